The molecule has 128 valence electrons. The van der Waals surface area contributed by atoms with E-state index in [9.17, 15) is 15.4 Å². The maximum absolute atomic E-state index is 10.8. The van der Waals surface area contributed by atoms with Gasteiger partial charge in [-0.1, -0.05) is 0 Å². The highest BCUT2D eigenvalue weighted by atomic mass is 16.6. The zero-order chi connectivity index (χ0) is 17.8. The molecule has 0 saturated carbocycles. The number of nitrogens with zero attached hydrogens (tertiary/aromatic N) is 4. The molecule has 25 heavy (non-hydrogen) atoms. The first-order valence-electron chi connectivity index (χ1n) is 7.85. The average molecular weight is 339 g/mol. The Morgan fingerprint density at radius 1 is 1.44 bits per heavy atom. The van der Waals surface area contributed by atoms with E-state index in [-0.39, 0.29) is 17.4 Å². The Labute approximate surface area is 144 Å². The maximum Gasteiger partial charge on any atom is 0.289 e. The van der Waals surface area contributed by atoms with Crippen molar-refractivity contribution in [2.24, 2.45) is 0 Å². The van der Waals surface area contributed by atoms with E-state index >= 15 is 0 Å². The summed E-state index contributed by atoms with van der Waals surface area (Å²) in [6.07, 6.45) is 1.33. The molecule has 1 aliphatic rings. The molecule has 0 radical (unpaired) electrons. The van der Waals surface area contributed by atoms with Crippen molar-refractivity contribution >= 4 is 22.9 Å². The first-order chi connectivity index (χ1) is 12.1. The lowest BCUT2D eigenvalue weighted by molar-refractivity contribution is -0.385. The minimum absolute atomic E-state index is 0.125. The lowest BCUT2D eigenvalue weighted by Crippen LogP contribution is -2.41. The highest BCUT2D eigenvalue weighted by Gasteiger charge is 2.17. The largest absolute Gasteiger partial charge is 0.375 e. The standard InChI is InChI=1S/C17H17N5O3/c1-12-11-21(6-7-25-12)15-4-2-14(3-5-15)20-17-13(9-18)8-16(10-19-17)22(23)24/h2-5,8,10,12H,6-7,11H2,1H3,(H,19,20)/t12-/m1/s1. The van der Waals surface area contributed by atoms with Crippen molar-refractivity contribution in [3.8, 4) is 6.07 Å². The molecule has 1 saturated heterocycles. The SMILES string of the molecule is C[C@@H]1CN(c2ccc(Nc3ncc([N+](=O)[O-])cc3C#N)cc2)CCO1. The zero-order valence-electron chi connectivity index (χ0n) is 13.7. The van der Waals surface area contributed by atoms with Crippen LogP contribution in [0, 0.1) is 21.4 Å². The predicted octanol–water partition coefficient (Wildman–Crippen LogP) is 2.83. The highest BCUT2D eigenvalue weighted by Crippen LogP contribution is 2.25. The van der Waals surface area contributed by atoms with Gasteiger partial charge in [0, 0.05) is 30.5 Å². The third-order valence-electron chi connectivity index (χ3n) is 3.94. The maximum atomic E-state index is 10.8. The molecule has 1 aliphatic heterocycles. The quantitative estimate of drug-likeness (QED) is 0.674. The smallest absolute Gasteiger partial charge is 0.289 e. The number of anilines is 3. The summed E-state index contributed by atoms with van der Waals surface area (Å²) in [6, 6.07) is 10.9. The van der Waals surface area contributed by atoms with Crippen LogP contribution in [0.4, 0.5) is 22.9 Å². The van der Waals surface area contributed by atoms with E-state index in [2.05, 4.69) is 15.2 Å². The van der Waals surface area contributed by atoms with Crippen molar-refractivity contribution in [3.05, 3.63) is 52.2 Å². The number of benzene rings is 1. The number of hydrogen-bond donors (Lipinski definition) is 1. The first-order valence-corrected chi connectivity index (χ1v) is 7.85. The fraction of sp³-hybridized carbons (Fsp3) is 0.294. The van der Waals surface area contributed by atoms with Crippen LogP contribution in [0.1, 0.15) is 12.5 Å². The van der Waals surface area contributed by atoms with Crippen molar-refractivity contribution in [2.75, 3.05) is 29.9 Å². The van der Waals surface area contributed by atoms with E-state index in [1.165, 1.54) is 6.07 Å². The van der Waals surface area contributed by atoms with Crippen LogP contribution in [-0.2, 0) is 4.74 Å². The van der Waals surface area contributed by atoms with Crippen molar-refractivity contribution in [1.29, 1.82) is 5.26 Å². The fourth-order valence-electron chi connectivity index (χ4n) is 2.68. The molecule has 1 N–H and O–H groups in total. The molecule has 8 nitrogen and oxygen atoms in total. The summed E-state index contributed by atoms with van der Waals surface area (Å²) in [6.45, 7) is 4.44. The lowest BCUT2D eigenvalue weighted by atomic mass is 10.2. The van der Waals surface area contributed by atoms with Crippen molar-refractivity contribution in [1.82, 2.24) is 4.98 Å². The van der Waals surface area contributed by atoms with Crippen LogP contribution in [0.15, 0.2) is 36.5 Å². The molecule has 0 aliphatic carbocycles. The molecule has 1 aromatic carbocycles. The third kappa shape index (κ3) is 3.84. The number of pyridine rings is 1. The molecule has 1 atom stereocenters. The number of rotatable bonds is 4. The minimum Gasteiger partial charge on any atom is -0.375 e. The van der Waals surface area contributed by atoms with Gasteiger partial charge in [-0.15, -0.1) is 0 Å². The van der Waals surface area contributed by atoms with Crippen LogP contribution in [-0.4, -0.2) is 35.7 Å². The van der Waals surface area contributed by atoms with Crippen molar-refractivity contribution in [2.45, 2.75) is 13.0 Å². The molecule has 0 unspecified atom stereocenters. The summed E-state index contributed by atoms with van der Waals surface area (Å²) in [7, 11) is 0. The van der Waals surface area contributed by atoms with Gasteiger partial charge in [0.1, 0.15) is 23.6 Å². The Bertz CT molecular complexity index is 816. The van der Waals surface area contributed by atoms with E-state index in [1.807, 2.05) is 37.3 Å². The van der Waals surface area contributed by atoms with Crippen LogP contribution in [0.5, 0.6) is 0 Å². The second-order valence-corrected chi connectivity index (χ2v) is 5.76. The zero-order valence-corrected chi connectivity index (χ0v) is 13.7. The Balaban J connectivity index is 1.75. The molecular formula is C17H17N5O3. The van der Waals surface area contributed by atoms with Crippen LogP contribution in [0.25, 0.3) is 0 Å². The second kappa shape index (κ2) is 7.15. The van der Waals surface area contributed by atoms with E-state index in [4.69, 9.17) is 4.74 Å². The van der Waals surface area contributed by atoms with Gasteiger partial charge in [0.2, 0.25) is 0 Å². The van der Waals surface area contributed by atoms with Crippen LogP contribution in [0.3, 0.4) is 0 Å². The van der Waals surface area contributed by atoms with Gasteiger partial charge in [-0.25, -0.2) is 4.98 Å². The second-order valence-electron chi connectivity index (χ2n) is 5.76. The number of nitriles is 1. The normalized spacial score (nSPS) is 17.0. The number of morpholine rings is 1. The van der Waals surface area contributed by atoms with Crippen LogP contribution in [0.2, 0.25) is 0 Å². The Kier molecular flexibility index (Phi) is 4.77. The van der Waals surface area contributed by atoms with Crippen LogP contribution >= 0.6 is 0 Å². The third-order valence-corrected chi connectivity index (χ3v) is 3.94. The Morgan fingerprint density at radius 3 is 2.84 bits per heavy atom. The predicted molar refractivity (Wildman–Crippen MR) is 93.0 cm³/mol. The molecule has 2 heterocycles. The lowest BCUT2D eigenvalue weighted by Gasteiger charge is -2.33. The first kappa shape index (κ1) is 16.7. The van der Waals surface area contributed by atoms with Crippen molar-refractivity contribution in [3.63, 3.8) is 0 Å². The Morgan fingerprint density at radius 2 is 2.20 bits per heavy atom. The van der Waals surface area contributed by atoms with Gasteiger partial charge >= 0.3 is 0 Å². The van der Waals surface area contributed by atoms with E-state index in [0.29, 0.717) is 12.4 Å². The molecule has 0 spiro atoms. The number of aromatic nitrogens is 1. The van der Waals surface area contributed by atoms with Gasteiger partial charge in [0.15, 0.2) is 0 Å². The number of nitrogens with one attached hydrogen (secondary N) is 1. The molecular weight excluding hydrogens is 322 g/mol. The van der Waals surface area contributed by atoms with E-state index in [1.54, 1.807) is 0 Å². The molecule has 3 rings (SSSR count). The topological polar surface area (TPSA) is 104 Å². The van der Waals surface area contributed by atoms with Gasteiger partial charge in [-0.05, 0) is 31.2 Å². The van der Waals surface area contributed by atoms with E-state index in [0.717, 1.165) is 30.7 Å². The number of nitro groups is 1. The van der Waals surface area contributed by atoms with Gasteiger partial charge in [0.25, 0.3) is 5.69 Å². The van der Waals surface area contributed by atoms with Gasteiger partial charge in [-0.2, -0.15) is 5.26 Å². The molecule has 8 heteroatoms. The summed E-state index contributed by atoms with van der Waals surface area (Å²) >= 11 is 0. The summed E-state index contributed by atoms with van der Waals surface area (Å²) in [5.74, 6) is 0.292. The molecule has 0 bridgehead atoms. The monoisotopic (exact) mass is 339 g/mol. The average Bonchev–Trinajstić information content (AvgIpc) is 2.62. The summed E-state index contributed by atoms with van der Waals surface area (Å²) < 4.78 is 5.54. The fourth-order valence-corrected chi connectivity index (χ4v) is 2.68. The van der Waals surface area contributed by atoms with Gasteiger partial charge in [0.05, 0.1) is 17.6 Å². The Hall–Kier alpha value is -3.18. The number of ether oxygens (including phenoxy) is 1. The van der Waals surface area contributed by atoms with Gasteiger partial charge in [-0.3, -0.25) is 10.1 Å². The molecule has 1 aromatic heterocycles. The minimum atomic E-state index is -0.574. The molecule has 2 aromatic rings. The van der Waals surface area contributed by atoms with E-state index < -0.39 is 4.92 Å². The van der Waals surface area contributed by atoms with Crippen molar-refractivity contribution < 1.29 is 9.66 Å². The summed E-state index contributed by atoms with van der Waals surface area (Å²) in [4.78, 5) is 16.4. The molecule has 0 amide bonds. The van der Waals surface area contributed by atoms with Gasteiger partial charge < -0.3 is 15.0 Å². The highest BCUT2D eigenvalue weighted by molar-refractivity contribution is 5.66. The van der Waals surface area contributed by atoms with Crippen LogP contribution < -0.4 is 10.2 Å². The summed E-state index contributed by atoms with van der Waals surface area (Å²) in [5.41, 5.74) is 1.76. The summed E-state index contributed by atoms with van der Waals surface area (Å²) in [5, 5.41) is 23.0. The number of hydrogen-bond acceptors (Lipinski definition) is 7. The molecule has 1 fully saturated rings.